The molecule has 0 bridgehead atoms. The Labute approximate surface area is 160 Å². The summed E-state index contributed by atoms with van der Waals surface area (Å²) >= 11 is 0. The van der Waals surface area contributed by atoms with Gasteiger partial charge in [-0.05, 0) is 60.5 Å². The highest BCUT2D eigenvalue weighted by Crippen LogP contribution is 2.29. The molecule has 0 heterocycles. The van der Waals surface area contributed by atoms with Gasteiger partial charge in [-0.25, -0.2) is 0 Å². The van der Waals surface area contributed by atoms with Crippen molar-refractivity contribution in [2.24, 2.45) is 0 Å². The van der Waals surface area contributed by atoms with E-state index in [1.54, 1.807) is 24.3 Å². The summed E-state index contributed by atoms with van der Waals surface area (Å²) in [7, 11) is 0. The third-order valence-corrected chi connectivity index (χ3v) is 3.98. The molecule has 0 aliphatic heterocycles. The first-order valence-electron chi connectivity index (χ1n) is 8.60. The molecule has 0 aliphatic rings. The number of hydrogen-bond donors (Lipinski definition) is 1. The summed E-state index contributed by atoms with van der Waals surface area (Å²) in [6.45, 7) is 1.97. The lowest BCUT2D eigenvalue weighted by Crippen LogP contribution is -2.15. The van der Waals surface area contributed by atoms with Gasteiger partial charge in [0, 0.05) is 5.69 Å². The molecule has 3 nitrogen and oxygen atoms in total. The molecule has 3 rings (SSSR count). The van der Waals surface area contributed by atoms with Crippen LogP contribution >= 0.6 is 0 Å². The number of amides is 1. The standard InChI is InChI=1S/C22H18F3NO2/c1-15-4-2-7-20(12-15)28-19-10-8-18(9-11-19)26-21(27)14-16-5-3-6-17(13-16)22(23,24)25/h2-13H,14H2,1H3,(H,26,27). The van der Waals surface area contributed by atoms with Gasteiger partial charge in [-0.3, -0.25) is 4.79 Å². The number of rotatable bonds is 5. The van der Waals surface area contributed by atoms with Gasteiger partial charge in [0.2, 0.25) is 5.91 Å². The minimum absolute atomic E-state index is 0.147. The Morgan fingerprint density at radius 2 is 1.64 bits per heavy atom. The summed E-state index contributed by atoms with van der Waals surface area (Å²) in [4.78, 5) is 12.1. The van der Waals surface area contributed by atoms with Crippen LogP contribution in [-0.2, 0) is 17.4 Å². The van der Waals surface area contributed by atoms with Crippen LogP contribution in [0.25, 0.3) is 0 Å². The SMILES string of the molecule is Cc1cccc(Oc2ccc(NC(=O)Cc3cccc(C(F)(F)F)c3)cc2)c1. The normalized spacial score (nSPS) is 11.1. The number of carbonyl (C=O) groups excluding carboxylic acids is 1. The molecule has 0 aromatic heterocycles. The number of anilines is 1. The number of carbonyl (C=O) groups is 1. The summed E-state index contributed by atoms with van der Waals surface area (Å²) in [6, 6.07) is 19.1. The Bertz CT molecular complexity index is 966. The molecule has 144 valence electrons. The van der Waals surface area contributed by atoms with Gasteiger partial charge in [-0.15, -0.1) is 0 Å². The van der Waals surface area contributed by atoms with Gasteiger partial charge >= 0.3 is 6.18 Å². The zero-order chi connectivity index (χ0) is 20.1. The smallest absolute Gasteiger partial charge is 0.416 e. The zero-order valence-corrected chi connectivity index (χ0v) is 15.1. The molecule has 3 aromatic carbocycles. The molecule has 0 radical (unpaired) electrons. The van der Waals surface area contributed by atoms with Gasteiger partial charge in [0.25, 0.3) is 0 Å². The molecule has 0 fully saturated rings. The van der Waals surface area contributed by atoms with Gasteiger partial charge in [-0.1, -0.05) is 30.3 Å². The van der Waals surface area contributed by atoms with Crippen molar-refractivity contribution < 1.29 is 22.7 Å². The van der Waals surface area contributed by atoms with Crippen LogP contribution < -0.4 is 10.1 Å². The molecular formula is C22H18F3NO2. The second-order valence-electron chi connectivity index (χ2n) is 6.37. The molecule has 1 amide bonds. The lowest BCUT2D eigenvalue weighted by Gasteiger charge is -2.10. The van der Waals surface area contributed by atoms with Gasteiger partial charge in [0.1, 0.15) is 11.5 Å². The minimum atomic E-state index is -4.43. The number of benzene rings is 3. The number of aryl methyl sites for hydroxylation is 1. The summed E-state index contributed by atoms with van der Waals surface area (Å²) < 4.78 is 44.0. The van der Waals surface area contributed by atoms with Crippen molar-refractivity contribution in [3.63, 3.8) is 0 Å². The number of ether oxygens (including phenoxy) is 1. The van der Waals surface area contributed by atoms with Crippen molar-refractivity contribution in [2.45, 2.75) is 19.5 Å². The third kappa shape index (κ3) is 5.36. The van der Waals surface area contributed by atoms with E-state index < -0.39 is 17.6 Å². The number of nitrogens with one attached hydrogen (secondary N) is 1. The fourth-order valence-electron chi connectivity index (χ4n) is 2.67. The summed E-state index contributed by atoms with van der Waals surface area (Å²) in [6.07, 6.45) is -4.58. The van der Waals surface area contributed by atoms with Crippen LogP contribution in [0.4, 0.5) is 18.9 Å². The van der Waals surface area contributed by atoms with E-state index in [0.717, 1.165) is 17.7 Å². The predicted octanol–water partition coefficient (Wildman–Crippen LogP) is 5.99. The van der Waals surface area contributed by atoms with Crippen LogP contribution in [-0.4, -0.2) is 5.91 Å². The summed E-state index contributed by atoms with van der Waals surface area (Å²) in [5.41, 5.74) is 1.15. The Morgan fingerprint density at radius 1 is 0.929 bits per heavy atom. The zero-order valence-electron chi connectivity index (χ0n) is 15.1. The third-order valence-electron chi connectivity index (χ3n) is 3.98. The molecule has 28 heavy (non-hydrogen) atoms. The molecule has 3 aromatic rings. The van der Waals surface area contributed by atoms with Crippen LogP contribution in [0, 0.1) is 6.92 Å². The fourth-order valence-corrected chi connectivity index (χ4v) is 2.67. The molecule has 0 saturated carbocycles. The van der Waals surface area contributed by atoms with Gasteiger partial charge < -0.3 is 10.1 Å². The maximum absolute atomic E-state index is 12.8. The topological polar surface area (TPSA) is 38.3 Å². The van der Waals surface area contributed by atoms with Crippen molar-refractivity contribution in [3.8, 4) is 11.5 Å². The fraction of sp³-hybridized carbons (Fsp3) is 0.136. The van der Waals surface area contributed by atoms with Crippen molar-refractivity contribution in [3.05, 3.63) is 89.5 Å². The largest absolute Gasteiger partial charge is 0.457 e. The second-order valence-corrected chi connectivity index (χ2v) is 6.37. The van der Waals surface area contributed by atoms with E-state index in [4.69, 9.17) is 4.74 Å². The lowest BCUT2D eigenvalue weighted by molar-refractivity contribution is -0.137. The van der Waals surface area contributed by atoms with Crippen LogP contribution in [0.5, 0.6) is 11.5 Å². The van der Waals surface area contributed by atoms with E-state index in [0.29, 0.717) is 22.7 Å². The van der Waals surface area contributed by atoms with Gasteiger partial charge in [0.05, 0.1) is 12.0 Å². The predicted molar refractivity (Wildman–Crippen MR) is 101 cm³/mol. The average Bonchev–Trinajstić information content (AvgIpc) is 2.63. The Kier molecular flexibility index (Phi) is 5.68. The number of halogens is 3. The summed E-state index contributed by atoms with van der Waals surface area (Å²) in [5.74, 6) is 0.925. The minimum Gasteiger partial charge on any atom is -0.457 e. The summed E-state index contributed by atoms with van der Waals surface area (Å²) in [5, 5.41) is 2.67. The molecular weight excluding hydrogens is 367 g/mol. The monoisotopic (exact) mass is 385 g/mol. The molecule has 6 heteroatoms. The van der Waals surface area contributed by atoms with E-state index in [1.165, 1.54) is 12.1 Å². The maximum Gasteiger partial charge on any atom is 0.416 e. The Balaban J connectivity index is 1.60. The second kappa shape index (κ2) is 8.17. The van der Waals surface area contributed by atoms with E-state index >= 15 is 0 Å². The van der Waals surface area contributed by atoms with Crippen LogP contribution in [0.3, 0.4) is 0 Å². The van der Waals surface area contributed by atoms with Crippen molar-refractivity contribution in [1.29, 1.82) is 0 Å². The quantitative estimate of drug-likeness (QED) is 0.586. The van der Waals surface area contributed by atoms with E-state index in [9.17, 15) is 18.0 Å². The Hall–Kier alpha value is -3.28. The first-order chi connectivity index (χ1) is 13.3. The molecule has 0 atom stereocenters. The van der Waals surface area contributed by atoms with Crippen LogP contribution in [0.2, 0.25) is 0 Å². The molecule has 0 spiro atoms. The highest BCUT2D eigenvalue weighted by Gasteiger charge is 2.30. The average molecular weight is 385 g/mol. The van der Waals surface area contributed by atoms with Crippen molar-refractivity contribution in [2.75, 3.05) is 5.32 Å². The molecule has 0 aliphatic carbocycles. The van der Waals surface area contributed by atoms with E-state index in [1.807, 2.05) is 31.2 Å². The van der Waals surface area contributed by atoms with Crippen molar-refractivity contribution in [1.82, 2.24) is 0 Å². The first-order valence-corrected chi connectivity index (χ1v) is 8.60. The number of hydrogen-bond acceptors (Lipinski definition) is 2. The molecule has 1 N–H and O–H groups in total. The first kappa shape index (κ1) is 19.5. The maximum atomic E-state index is 12.8. The van der Waals surface area contributed by atoms with E-state index in [2.05, 4.69) is 5.32 Å². The lowest BCUT2D eigenvalue weighted by atomic mass is 10.1. The van der Waals surface area contributed by atoms with E-state index in [-0.39, 0.29) is 6.42 Å². The molecule has 0 unspecified atom stereocenters. The van der Waals surface area contributed by atoms with Crippen LogP contribution in [0.15, 0.2) is 72.8 Å². The molecule has 0 saturated heterocycles. The van der Waals surface area contributed by atoms with Gasteiger partial charge in [0.15, 0.2) is 0 Å². The number of alkyl halides is 3. The van der Waals surface area contributed by atoms with Crippen molar-refractivity contribution >= 4 is 11.6 Å². The highest BCUT2D eigenvalue weighted by molar-refractivity contribution is 5.92. The Morgan fingerprint density at radius 3 is 2.32 bits per heavy atom. The van der Waals surface area contributed by atoms with Crippen LogP contribution in [0.1, 0.15) is 16.7 Å². The highest BCUT2D eigenvalue weighted by atomic mass is 19.4. The van der Waals surface area contributed by atoms with Gasteiger partial charge in [-0.2, -0.15) is 13.2 Å².